The summed E-state index contributed by atoms with van der Waals surface area (Å²) in [5, 5.41) is 9.01. The molecule has 3 nitrogen and oxygen atoms in total. The minimum absolute atomic E-state index is 0.318. The van der Waals surface area contributed by atoms with Crippen LogP contribution in [0.25, 0.3) is 0 Å². The van der Waals surface area contributed by atoms with E-state index in [0.29, 0.717) is 5.76 Å². The first-order chi connectivity index (χ1) is 6.18. The van der Waals surface area contributed by atoms with Crippen LogP contribution in [0.3, 0.4) is 0 Å². The standard InChI is InChI=1S/C10H17NO2/c1-9(7-10(2)12)8-11-3-5-13-6-4-11/h7,12H,1,3-6,8H2,2H3/b10-7+. The van der Waals surface area contributed by atoms with Crippen molar-refractivity contribution in [1.29, 1.82) is 0 Å². The van der Waals surface area contributed by atoms with Crippen LogP contribution in [0.1, 0.15) is 6.92 Å². The van der Waals surface area contributed by atoms with Gasteiger partial charge in [0.25, 0.3) is 0 Å². The molecule has 0 aromatic rings. The summed E-state index contributed by atoms with van der Waals surface area (Å²) in [6.07, 6.45) is 1.70. The lowest BCUT2D eigenvalue weighted by molar-refractivity contribution is 0.0426. The van der Waals surface area contributed by atoms with Crippen molar-refractivity contribution in [3.63, 3.8) is 0 Å². The summed E-state index contributed by atoms with van der Waals surface area (Å²) in [6.45, 7) is 9.86. The van der Waals surface area contributed by atoms with Crippen LogP contribution in [0.4, 0.5) is 0 Å². The Bertz CT molecular complexity index is 201. The van der Waals surface area contributed by atoms with E-state index in [1.807, 2.05) is 0 Å². The number of hydrogen-bond acceptors (Lipinski definition) is 3. The van der Waals surface area contributed by atoms with Crippen LogP contribution >= 0.6 is 0 Å². The third kappa shape index (κ3) is 4.10. The number of allylic oxidation sites excluding steroid dienone is 1. The Morgan fingerprint density at radius 2 is 2.15 bits per heavy atom. The van der Waals surface area contributed by atoms with Crippen molar-refractivity contribution >= 4 is 0 Å². The Hall–Kier alpha value is -0.800. The van der Waals surface area contributed by atoms with Crippen molar-refractivity contribution < 1.29 is 9.84 Å². The average Bonchev–Trinajstić information content (AvgIpc) is 2.04. The zero-order valence-corrected chi connectivity index (χ0v) is 8.12. The highest BCUT2D eigenvalue weighted by atomic mass is 16.5. The van der Waals surface area contributed by atoms with Crippen LogP contribution in [0.2, 0.25) is 0 Å². The van der Waals surface area contributed by atoms with Gasteiger partial charge in [0.2, 0.25) is 0 Å². The lowest BCUT2D eigenvalue weighted by atomic mass is 10.2. The smallest absolute Gasteiger partial charge is 0.0894 e. The maximum atomic E-state index is 9.01. The number of morpholine rings is 1. The largest absolute Gasteiger partial charge is 0.513 e. The van der Waals surface area contributed by atoms with Gasteiger partial charge in [-0.25, -0.2) is 0 Å². The Morgan fingerprint density at radius 1 is 1.54 bits per heavy atom. The van der Waals surface area contributed by atoms with Gasteiger partial charge in [0.1, 0.15) is 0 Å². The predicted octanol–water partition coefficient (Wildman–Crippen LogP) is 1.34. The van der Waals surface area contributed by atoms with Gasteiger partial charge in [-0.2, -0.15) is 0 Å². The van der Waals surface area contributed by atoms with Crippen molar-refractivity contribution in [2.75, 3.05) is 32.8 Å². The minimum Gasteiger partial charge on any atom is -0.513 e. The molecule has 0 atom stereocenters. The predicted molar refractivity (Wildman–Crippen MR) is 52.8 cm³/mol. The van der Waals surface area contributed by atoms with Gasteiger partial charge in [-0.3, -0.25) is 4.90 Å². The average molecular weight is 183 g/mol. The van der Waals surface area contributed by atoms with E-state index in [1.54, 1.807) is 13.0 Å². The Kier molecular flexibility index (Phi) is 3.99. The maximum absolute atomic E-state index is 9.01. The molecule has 0 amide bonds. The molecule has 0 spiro atoms. The minimum atomic E-state index is 0.318. The maximum Gasteiger partial charge on any atom is 0.0894 e. The molecular weight excluding hydrogens is 166 g/mol. The zero-order chi connectivity index (χ0) is 9.68. The number of ether oxygens (including phenoxy) is 1. The van der Waals surface area contributed by atoms with Crippen LogP contribution in [0.15, 0.2) is 24.0 Å². The van der Waals surface area contributed by atoms with Crippen LogP contribution in [0.5, 0.6) is 0 Å². The van der Waals surface area contributed by atoms with E-state index in [2.05, 4.69) is 11.5 Å². The molecule has 1 heterocycles. The van der Waals surface area contributed by atoms with Crippen molar-refractivity contribution in [3.8, 4) is 0 Å². The van der Waals surface area contributed by atoms with Gasteiger partial charge >= 0.3 is 0 Å². The molecular formula is C10H17NO2. The Balaban J connectivity index is 2.30. The van der Waals surface area contributed by atoms with E-state index in [1.165, 1.54) is 0 Å². The van der Waals surface area contributed by atoms with E-state index >= 15 is 0 Å². The third-order valence-corrected chi connectivity index (χ3v) is 1.94. The molecule has 0 aromatic heterocycles. The van der Waals surface area contributed by atoms with Gasteiger partial charge in [-0.1, -0.05) is 6.58 Å². The topological polar surface area (TPSA) is 32.7 Å². The lowest BCUT2D eigenvalue weighted by Crippen LogP contribution is -2.37. The molecule has 0 saturated carbocycles. The van der Waals surface area contributed by atoms with E-state index in [0.717, 1.165) is 38.4 Å². The molecule has 0 aromatic carbocycles. The normalized spacial score (nSPS) is 20.2. The molecule has 0 bridgehead atoms. The van der Waals surface area contributed by atoms with Gasteiger partial charge in [-0.05, 0) is 18.6 Å². The summed E-state index contributed by atoms with van der Waals surface area (Å²) in [5.74, 6) is 0.318. The van der Waals surface area contributed by atoms with E-state index in [4.69, 9.17) is 9.84 Å². The summed E-state index contributed by atoms with van der Waals surface area (Å²) in [7, 11) is 0. The van der Waals surface area contributed by atoms with Crippen molar-refractivity contribution in [2.24, 2.45) is 0 Å². The van der Waals surface area contributed by atoms with Gasteiger partial charge < -0.3 is 9.84 Å². The van der Waals surface area contributed by atoms with Gasteiger partial charge in [0.05, 0.1) is 19.0 Å². The molecule has 0 unspecified atom stereocenters. The summed E-state index contributed by atoms with van der Waals surface area (Å²) < 4.78 is 5.23. The number of rotatable bonds is 3. The van der Waals surface area contributed by atoms with Crippen LogP contribution < -0.4 is 0 Å². The number of nitrogens with zero attached hydrogens (tertiary/aromatic N) is 1. The van der Waals surface area contributed by atoms with Crippen molar-refractivity contribution in [1.82, 2.24) is 4.90 Å². The van der Waals surface area contributed by atoms with E-state index < -0.39 is 0 Å². The second-order valence-corrected chi connectivity index (χ2v) is 3.33. The van der Waals surface area contributed by atoms with E-state index in [-0.39, 0.29) is 0 Å². The fraction of sp³-hybridized carbons (Fsp3) is 0.600. The lowest BCUT2D eigenvalue weighted by Gasteiger charge is -2.26. The van der Waals surface area contributed by atoms with Gasteiger partial charge in [-0.15, -0.1) is 0 Å². The first-order valence-electron chi connectivity index (χ1n) is 4.53. The first-order valence-corrected chi connectivity index (χ1v) is 4.53. The fourth-order valence-corrected chi connectivity index (χ4v) is 1.39. The Labute approximate surface area is 79.3 Å². The second-order valence-electron chi connectivity index (χ2n) is 3.33. The summed E-state index contributed by atoms with van der Waals surface area (Å²) in [6, 6.07) is 0. The Morgan fingerprint density at radius 3 is 2.69 bits per heavy atom. The van der Waals surface area contributed by atoms with Crippen LogP contribution in [-0.4, -0.2) is 42.9 Å². The molecule has 74 valence electrons. The van der Waals surface area contributed by atoms with Crippen molar-refractivity contribution in [2.45, 2.75) is 6.92 Å². The SMILES string of the molecule is C=C(/C=C(\C)O)CN1CCOCC1. The van der Waals surface area contributed by atoms with Crippen molar-refractivity contribution in [3.05, 3.63) is 24.0 Å². The molecule has 0 radical (unpaired) electrons. The molecule has 1 N–H and O–H groups in total. The van der Waals surface area contributed by atoms with Crippen LogP contribution in [0, 0.1) is 0 Å². The molecule has 1 aliphatic heterocycles. The molecule has 1 aliphatic rings. The third-order valence-electron chi connectivity index (χ3n) is 1.94. The molecule has 3 heteroatoms. The summed E-state index contributed by atoms with van der Waals surface area (Å²) >= 11 is 0. The number of hydrogen-bond donors (Lipinski definition) is 1. The highest BCUT2D eigenvalue weighted by Gasteiger charge is 2.09. The zero-order valence-electron chi connectivity index (χ0n) is 8.12. The summed E-state index contributed by atoms with van der Waals surface area (Å²) in [5.41, 5.74) is 0.946. The molecule has 1 saturated heterocycles. The second kappa shape index (κ2) is 5.04. The van der Waals surface area contributed by atoms with Gasteiger partial charge in [0, 0.05) is 19.6 Å². The number of aliphatic hydroxyl groups excluding tert-OH is 1. The molecule has 0 aliphatic carbocycles. The molecule has 13 heavy (non-hydrogen) atoms. The molecule has 1 fully saturated rings. The highest BCUT2D eigenvalue weighted by molar-refractivity contribution is 5.17. The molecule has 1 rings (SSSR count). The highest BCUT2D eigenvalue weighted by Crippen LogP contribution is 2.03. The summed E-state index contributed by atoms with van der Waals surface area (Å²) in [4.78, 5) is 2.27. The van der Waals surface area contributed by atoms with Crippen LogP contribution in [-0.2, 0) is 4.74 Å². The quantitative estimate of drug-likeness (QED) is 0.529. The fourth-order valence-electron chi connectivity index (χ4n) is 1.39. The monoisotopic (exact) mass is 183 g/mol. The van der Waals surface area contributed by atoms with E-state index in [9.17, 15) is 0 Å². The van der Waals surface area contributed by atoms with Gasteiger partial charge in [0.15, 0.2) is 0 Å². The first kappa shape index (κ1) is 10.3. The number of aliphatic hydroxyl groups is 1.